The van der Waals surface area contributed by atoms with E-state index in [1.807, 2.05) is 53.1 Å². The van der Waals surface area contributed by atoms with E-state index in [1.54, 1.807) is 6.07 Å². The van der Waals surface area contributed by atoms with Gasteiger partial charge < -0.3 is 24.0 Å². The Hall–Kier alpha value is -3.22. The summed E-state index contributed by atoms with van der Waals surface area (Å²) < 4.78 is 16.4. The Morgan fingerprint density at radius 1 is 1.00 bits per heavy atom. The Labute approximate surface area is 181 Å². The molecule has 2 aromatic rings. The fourth-order valence-electron chi connectivity index (χ4n) is 4.44. The fourth-order valence-corrected chi connectivity index (χ4v) is 4.44. The average molecular weight is 422 g/mol. The highest BCUT2D eigenvalue weighted by Crippen LogP contribution is 2.50. The van der Waals surface area contributed by atoms with Crippen molar-refractivity contribution in [3.05, 3.63) is 53.6 Å². The van der Waals surface area contributed by atoms with Gasteiger partial charge in [0.15, 0.2) is 11.5 Å². The maximum Gasteiger partial charge on any atom is 0.257 e. The molecule has 7 nitrogen and oxygen atoms in total. The Morgan fingerprint density at radius 2 is 1.74 bits per heavy atom. The topological polar surface area (TPSA) is 68.3 Å². The van der Waals surface area contributed by atoms with Crippen LogP contribution in [0.4, 0.5) is 0 Å². The van der Waals surface area contributed by atoms with E-state index in [-0.39, 0.29) is 30.4 Å². The number of hydrogen-bond donors (Lipinski definition) is 0. The predicted octanol–water partition coefficient (Wildman–Crippen LogP) is 2.90. The lowest BCUT2D eigenvalue weighted by atomic mass is 10.1. The van der Waals surface area contributed by atoms with Crippen molar-refractivity contribution >= 4 is 11.8 Å². The maximum atomic E-state index is 13.0. The van der Waals surface area contributed by atoms with Gasteiger partial charge in [-0.25, -0.2) is 0 Å². The number of nitrogens with zero attached hydrogens (tertiary/aromatic N) is 2. The lowest BCUT2D eigenvalue weighted by Crippen LogP contribution is -2.51. The Bertz CT molecular complexity index is 999. The first-order valence-electron chi connectivity index (χ1n) is 10.8. The van der Waals surface area contributed by atoms with Crippen LogP contribution in [0, 0.1) is 5.92 Å². The SMILES string of the molecule is CCOc1ccccc1C(=O)N1CCN(C(=O)C2CC2c2ccc3c(c2)OCO3)CC1. The molecule has 2 aliphatic heterocycles. The van der Waals surface area contributed by atoms with Gasteiger partial charge in [0, 0.05) is 32.1 Å². The van der Waals surface area contributed by atoms with Crippen LogP contribution in [0.2, 0.25) is 0 Å². The van der Waals surface area contributed by atoms with Crippen molar-refractivity contribution in [2.45, 2.75) is 19.3 Å². The van der Waals surface area contributed by atoms with Gasteiger partial charge in [-0.15, -0.1) is 0 Å². The van der Waals surface area contributed by atoms with Gasteiger partial charge in [-0.05, 0) is 49.1 Å². The van der Waals surface area contributed by atoms with Gasteiger partial charge >= 0.3 is 0 Å². The molecule has 31 heavy (non-hydrogen) atoms. The number of benzene rings is 2. The van der Waals surface area contributed by atoms with Gasteiger partial charge in [-0.3, -0.25) is 9.59 Å². The molecule has 2 aromatic carbocycles. The second-order valence-electron chi connectivity index (χ2n) is 8.11. The predicted molar refractivity (Wildman–Crippen MR) is 114 cm³/mol. The molecule has 2 unspecified atom stereocenters. The number of carbonyl (C=O) groups excluding carboxylic acids is 2. The van der Waals surface area contributed by atoms with E-state index in [9.17, 15) is 9.59 Å². The van der Waals surface area contributed by atoms with Gasteiger partial charge in [0.1, 0.15) is 5.75 Å². The number of fused-ring (bicyclic) bond motifs is 1. The van der Waals surface area contributed by atoms with Gasteiger partial charge in [0.05, 0.1) is 12.2 Å². The molecule has 0 radical (unpaired) electrons. The molecule has 7 heteroatoms. The van der Waals surface area contributed by atoms with Crippen LogP contribution in [-0.4, -0.2) is 61.2 Å². The average Bonchev–Trinajstić information content (AvgIpc) is 3.47. The quantitative estimate of drug-likeness (QED) is 0.741. The first-order valence-corrected chi connectivity index (χ1v) is 10.8. The fraction of sp³-hybridized carbons (Fsp3) is 0.417. The molecule has 2 amide bonds. The summed E-state index contributed by atoms with van der Waals surface area (Å²) in [6.45, 7) is 4.86. The van der Waals surface area contributed by atoms with Crippen molar-refractivity contribution in [2.75, 3.05) is 39.6 Å². The third kappa shape index (κ3) is 3.80. The molecule has 2 heterocycles. The molecule has 162 valence electrons. The third-order valence-electron chi connectivity index (χ3n) is 6.23. The Morgan fingerprint density at radius 3 is 2.55 bits per heavy atom. The van der Waals surface area contributed by atoms with E-state index in [0.717, 1.165) is 23.5 Å². The number of amides is 2. The Kier molecular flexibility index (Phi) is 5.18. The van der Waals surface area contributed by atoms with Crippen molar-refractivity contribution < 1.29 is 23.8 Å². The molecule has 1 saturated heterocycles. The van der Waals surface area contributed by atoms with Crippen molar-refractivity contribution in [1.29, 1.82) is 0 Å². The monoisotopic (exact) mass is 422 g/mol. The molecule has 1 saturated carbocycles. The van der Waals surface area contributed by atoms with Gasteiger partial charge in [0.2, 0.25) is 12.7 Å². The highest BCUT2D eigenvalue weighted by molar-refractivity contribution is 5.97. The summed E-state index contributed by atoms with van der Waals surface area (Å²) in [5.41, 5.74) is 1.71. The highest BCUT2D eigenvalue weighted by Gasteiger charge is 2.46. The van der Waals surface area contributed by atoms with Gasteiger partial charge in [0.25, 0.3) is 5.91 Å². The zero-order valence-electron chi connectivity index (χ0n) is 17.6. The molecule has 2 atom stereocenters. The van der Waals surface area contributed by atoms with Crippen LogP contribution in [0.5, 0.6) is 17.2 Å². The van der Waals surface area contributed by atoms with E-state index in [2.05, 4.69) is 0 Å². The molecule has 0 bridgehead atoms. The van der Waals surface area contributed by atoms with E-state index >= 15 is 0 Å². The lowest BCUT2D eigenvalue weighted by Gasteiger charge is -2.35. The second kappa shape index (κ2) is 8.13. The van der Waals surface area contributed by atoms with E-state index < -0.39 is 0 Å². The van der Waals surface area contributed by atoms with Crippen LogP contribution in [0.1, 0.15) is 35.2 Å². The van der Waals surface area contributed by atoms with Gasteiger partial charge in [-0.2, -0.15) is 0 Å². The number of ether oxygens (including phenoxy) is 3. The first kappa shape index (κ1) is 19.7. The molecule has 2 fully saturated rings. The summed E-state index contributed by atoms with van der Waals surface area (Å²) in [4.78, 5) is 29.7. The highest BCUT2D eigenvalue weighted by atomic mass is 16.7. The van der Waals surface area contributed by atoms with Crippen LogP contribution < -0.4 is 14.2 Å². The number of piperazine rings is 1. The first-order chi connectivity index (χ1) is 15.2. The van der Waals surface area contributed by atoms with Crippen LogP contribution in [0.25, 0.3) is 0 Å². The van der Waals surface area contributed by atoms with Crippen LogP contribution in [-0.2, 0) is 4.79 Å². The minimum absolute atomic E-state index is 0.0151. The minimum Gasteiger partial charge on any atom is -0.493 e. The van der Waals surface area contributed by atoms with Crippen LogP contribution >= 0.6 is 0 Å². The molecular weight excluding hydrogens is 396 g/mol. The molecule has 0 N–H and O–H groups in total. The zero-order chi connectivity index (χ0) is 21.4. The molecule has 5 rings (SSSR count). The minimum atomic E-state index is -0.0409. The number of para-hydroxylation sites is 1. The van der Waals surface area contributed by atoms with E-state index in [1.165, 1.54) is 0 Å². The number of carbonyl (C=O) groups is 2. The normalized spacial score (nSPS) is 21.7. The summed E-state index contributed by atoms with van der Waals surface area (Å²) in [6.07, 6.45) is 0.860. The molecule has 0 aromatic heterocycles. The molecule has 1 aliphatic carbocycles. The standard InChI is InChI=1S/C24H26N2O5/c1-2-29-20-6-4-3-5-17(20)23(27)25-9-11-26(12-10-25)24(28)19-14-18(19)16-7-8-21-22(13-16)31-15-30-21/h3-8,13,18-19H,2,9-12,14-15H2,1H3. The zero-order valence-corrected chi connectivity index (χ0v) is 17.6. The van der Waals surface area contributed by atoms with Gasteiger partial charge in [-0.1, -0.05) is 18.2 Å². The van der Waals surface area contributed by atoms with Crippen molar-refractivity contribution in [1.82, 2.24) is 9.80 Å². The molecular formula is C24H26N2O5. The maximum absolute atomic E-state index is 13.0. The second-order valence-corrected chi connectivity index (χ2v) is 8.11. The van der Waals surface area contributed by atoms with E-state index in [4.69, 9.17) is 14.2 Å². The lowest BCUT2D eigenvalue weighted by molar-refractivity contribution is -0.134. The third-order valence-corrected chi connectivity index (χ3v) is 6.23. The van der Waals surface area contributed by atoms with Crippen molar-refractivity contribution in [2.24, 2.45) is 5.92 Å². The van der Waals surface area contributed by atoms with Crippen molar-refractivity contribution in [3.63, 3.8) is 0 Å². The van der Waals surface area contributed by atoms with Crippen LogP contribution in [0.15, 0.2) is 42.5 Å². The number of rotatable bonds is 5. The van der Waals surface area contributed by atoms with E-state index in [0.29, 0.717) is 44.1 Å². The Balaban J connectivity index is 1.18. The summed E-state index contributed by atoms with van der Waals surface area (Å²) in [5, 5.41) is 0. The summed E-state index contributed by atoms with van der Waals surface area (Å²) >= 11 is 0. The van der Waals surface area contributed by atoms with Crippen LogP contribution in [0.3, 0.4) is 0 Å². The summed E-state index contributed by atoms with van der Waals surface area (Å²) in [6, 6.07) is 13.3. The summed E-state index contributed by atoms with van der Waals surface area (Å²) in [7, 11) is 0. The molecule has 3 aliphatic rings. The summed E-state index contributed by atoms with van der Waals surface area (Å²) in [5.74, 6) is 2.53. The van der Waals surface area contributed by atoms with Crippen molar-refractivity contribution in [3.8, 4) is 17.2 Å². The number of hydrogen-bond acceptors (Lipinski definition) is 5. The molecule has 0 spiro atoms. The smallest absolute Gasteiger partial charge is 0.257 e. The largest absolute Gasteiger partial charge is 0.493 e.